The van der Waals surface area contributed by atoms with Crippen molar-refractivity contribution < 1.29 is 0 Å². The van der Waals surface area contributed by atoms with Gasteiger partial charge in [-0.1, -0.05) is 36.6 Å². The van der Waals surface area contributed by atoms with Crippen molar-refractivity contribution in [3.05, 3.63) is 34.9 Å². The van der Waals surface area contributed by atoms with E-state index in [2.05, 4.69) is 12.1 Å². The van der Waals surface area contributed by atoms with Crippen molar-refractivity contribution in [3.8, 4) is 0 Å². The lowest BCUT2D eigenvalue weighted by Crippen LogP contribution is -2.34. The van der Waals surface area contributed by atoms with Crippen LogP contribution in [0.25, 0.3) is 0 Å². The molecule has 1 saturated carbocycles. The molecule has 0 saturated heterocycles. The summed E-state index contributed by atoms with van der Waals surface area (Å²) in [5.74, 6) is 0.667. The Morgan fingerprint density at radius 1 is 1.12 bits per heavy atom. The molecular formula is C13H19Cl2N. The smallest absolute Gasteiger partial charge is 0.0406 e. The van der Waals surface area contributed by atoms with Gasteiger partial charge in [0.2, 0.25) is 0 Å². The minimum atomic E-state index is 0. The summed E-state index contributed by atoms with van der Waals surface area (Å²) in [6, 6.07) is 8.55. The predicted octanol–water partition coefficient (Wildman–Crippen LogP) is 3.82. The van der Waals surface area contributed by atoms with Crippen molar-refractivity contribution in [1.29, 1.82) is 0 Å². The van der Waals surface area contributed by atoms with Gasteiger partial charge in [-0.05, 0) is 42.9 Å². The molecule has 0 heterocycles. The standard InChI is InChI=1S/C13H18ClN.ClH/c14-12-7-5-10(6-8-12)9-11-3-1-2-4-13(11)15;/h5-8,11,13H,1-4,9,15H2;1H. The van der Waals surface area contributed by atoms with Gasteiger partial charge in [-0.2, -0.15) is 0 Å². The highest BCUT2D eigenvalue weighted by molar-refractivity contribution is 6.30. The molecule has 0 aromatic heterocycles. The van der Waals surface area contributed by atoms with Crippen molar-refractivity contribution in [3.63, 3.8) is 0 Å². The van der Waals surface area contributed by atoms with Gasteiger partial charge >= 0.3 is 0 Å². The van der Waals surface area contributed by atoms with E-state index in [1.807, 2.05) is 12.1 Å². The lowest BCUT2D eigenvalue weighted by molar-refractivity contribution is 0.306. The summed E-state index contributed by atoms with van der Waals surface area (Å²) < 4.78 is 0. The highest BCUT2D eigenvalue weighted by atomic mass is 35.5. The Hall–Kier alpha value is -0.240. The second kappa shape index (κ2) is 6.48. The number of rotatable bonds is 2. The molecule has 3 heteroatoms. The molecule has 90 valence electrons. The molecule has 2 rings (SSSR count). The monoisotopic (exact) mass is 259 g/mol. The van der Waals surface area contributed by atoms with Crippen molar-refractivity contribution in [2.45, 2.75) is 38.1 Å². The molecule has 1 fully saturated rings. The third-order valence-corrected chi connectivity index (χ3v) is 3.63. The van der Waals surface area contributed by atoms with Gasteiger partial charge in [-0.3, -0.25) is 0 Å². The summed E-state index contributed by atoms with van der Waals surface area (Å²) in [6.45, 7) is 0. The Labute approximate surface area is 109 Å². The molecule has 0 radical (unpaired) electrons. The number of nitrogens with two attached hydrogens (primary N) is 1. The van der Waals surface area contributed by atoms with Crippen molar-refractivity contribution in [1.82, 2.24) is 0 Å². The van der Waals surface area contributed by atoms with Crippen LogP contribution in [0.15, 0.2) is 24.3 Å². The van der Waals surface area contributed by atoms with E-state index < -0.39 is 0 Å². The molecule has 1 aliphatic carbocycles. The van der Waals surface area contributed by atoms with E-state index >= 15 is 0 Å². The molecule has 0 spiro atoms. The second-order valence-electron chi connectivity index (χ2n) is 4.54. The van der Waals surface area contributed by atoms with Gasteiger partial charge in [0.05, 0.1) is 0 Å². The Kier molecular flexibility index (Phi) is 5.60. The van der Waals surface area contributed by atoms with Crippen LogP contribution in [-0.4, -0.2) is 6.04 Å². The van der Waals surface area contributed by atoms with Crippen molar-refractivity contribution in [2.24, 2.45) is 11.7 Å². The highest BCUT2D eigenvalue weighted by Gasteiger charge is 2.21. The first-order chi connectivity index (χ1) is 7.25. The third-order valence-electron chi connectivity index (χ3n) is 3.38. The molecule has 1 nitrogen and oxygen atoms in total. The van der Waals surface area contributed by atoms with Crippen LogP contribution in [0.4, 0.5) is 0 Å². The summed E-state index contributed by atoms with van der Waals surface area (Å²) >= 11 is 5.86. The van der Waals surface area contributed by atoms with E-state index in [0.717, 1.165) is 11.4 Å². The molecule has 0 aliphatic heterocycles. The fraction of sp³-hybridized carbons (Fsp3) is 0.538. The van der Waals surface area contributed by atoms with Gasteiger partial charge in [0.1, 0.15) is 0 Å². The van der Waals surface area contributed by atoms with Crippen LogP contribution in [0, 0.1) is 5.92 Å². The van der Waals surface area contributed by atoms with Gasteiger partial charge in [0.25, 0.3) is 0 Å². The molecule has 0 amide bonds. The van der Waals surface area contributed by atoms with Crippen molar-refractivity contribution in [2.75, 3.05) is 0 Å². The topological polar surface area (TPSA) is 26.0 Å². The predicted molar refractivity (Wildman–Crippen MR) is 72.3 cm³/mol. The zero-order valence-electron chi connectivity index (χ0n) is 9.36. The van der Waals surface area contributed by atoms with Gasteiger partial charge in [0, 0.05) is 11.1 Å². The molecular weight excluding hydrogens is 241 g/mol. The number of hydrogen-bond donors (Lipinski definition) is 1. The number of halogens is 2. The maximum Gasteiger partial charge on any atom is 0.0406 e. The first-order valence-electron chi connectivity index (χ1n) is 5.76. The van der Waals surface area contributed by atoms with E-state index in [-0.39, 0.29) is 12.4 Å². The van der Waals surface area contributed by atoms with E-state index in [4.69, 9.17) is 17.3 Å². The Morgan fingerprint density at radius 2 is 1.75 bits per heavy atom. The van der Waals surface area contributed by atoms with Crippen LogP contribution in [0.5, 0.6) is 0 Å². The molecule has 16 heavy (non-hydrogen) atoms. The van der Waals surface area contributed by atoms with Crippen LogP contribution < -0.4 is 5.73 Å². The summed E-state index contributed by atoms with van der Waals surface area (Å²) in [6.07, 6.45) is 6.23. The normalized spacial score (nSPS) is 24.9. The molecule has 2 unspecified atom stereocenters. The molecule has 1 aromatic rings. The summed E-state index contributed by atoms with van der Waals surface area (Å²) in [4.78, 5) is 0. The van der Waals surface area contributed by atoms with Crippen molar-refractivity contribution >= 4 is 24.0 Å². The van der Waals surface area contributed by atoms with Gasteiger partial charge in [-0.15, -0.1) is 12.4 Å². The van der Waals surface area contributed by atoms with Gasteiger partial charge in [0.15, 0.2) is 0 Å². The fourth-order valence-corrected chi connectivity index (χ4v) is 2.54. The molecule has 1 aliphatic rings. The maximum absolute atomic E-state index is 6.13. The second-order valence-corrected chi connectivity index (χ2v) is 4.98. The fourth-order valence-electron chi connectivity index (χ4n) is 2.41. The molecule has 2 atom stereocenters. The SMILES string of the molecule is Cl.NC1CCCCC1Cc1ccc(Cl)cc1. The van der Waals surface area contributed by atoms with Crippen LogP contribution >= 0.6 is 24.0 Å². The van der Waals surface area contributed by atoms with Crippen LogP contribution in [0.3, 0.4) is 0 Å². The van der Waals surface area contributed by atoms with Crippen LogP contribution in [0.1, 0.15) is 31.2 Å². The average Bonchev–Trinajstić information content (AvgIpc) is 2.25. The lowest BCUT2D eigenvalue weighted by atomic mass is 9.81. The lowest BCUT2D eigenvalue weighted by Gasteiger charge is -2.28. The maximum atomic E-state index is 6.13. The largest absolute Gasteiger partial charge is 0.327 e. The Balaban J connectivity index is 0.00000128. The third kappa shape index (κ3) is 3.65. The van der Waals surface area contributed by atoms with E-state index in [9.17, 15) is 0 Å². The zero-order chi connectivity index (χ0) is 10.7. The quantitative estimate of drug-likeness (QED) is 0.859. The number of benzene rings is 1. The minimum absolute atomic E-state index is 0. The van der Waals surface area contributed by atoms with E-state index in [1.165, 1.54) is 31.2 Å². The molecule has 0 bridgehead atoms. The first-order valence-corrected chi connectivity index (χ1v) is 6.13. The first kappa shape index (κ1) is 13.8. The Morgan fingerprint density at radius 3 is 2.38 bits per heavy atom. The average molecular weight is 260 g/mol. The van der Waals surface area contributed by atoms with Gasteiger partial charge < -0.3 is 5.73 Å². The van der Waals surface area contributed by atoms with Crippen LogP contribution in [-0.2, 0) is 6.42 Å². The highest BCUT2D eigenvalue weighted by Crippen LogP contribution is 2.26. The van der Waals surface area contributed by atoms with E-state index in [1.54, 1.807) is 0 Å². The number of hydrogen-bond acceptors (Lipinski definition) is 1. The summed E-state index contributed by atoms with van der Waals surface area (Å²) in [5, 5.41) is 0.812. The minimum Gasteiger partial charge on any atom is -0.327 e. The van der Waals surface area contributed by atoms with E-state index in [0.29, 0.717) is 12.0 Å². The van der Waals surface area contributed by atoms with Gasteiger partial charge in [-0.25, -0.2) is 0 Å². The molecule has 1 aromatic carbocycles. The molecule has 2 N–H and O–H groups in total. The summed E-state index contributed by atoms with van der Waals surface area (Å²) in [5.41, 5.74) is 7.49. The Bertz CT molecular complexity index is 310. The van der Waals surface area contributed by atoms with Crippen LogP contribution in [0.2, 0.25) is 5.02 Å². The summed E-state index contributed by atoms with van der Waals surface area (Å²) in [7, 11) is 0. The zero-order valence-corrected chi connectivity index (χ0v) is 10.9.